The van der Waals surface area contributed by atoms with E-state index < -0.39 is 4.92 Å². The van der Waals surface area contributed by atoms with Crippen molar-refractivity contribution >= 4 is 11.6 Å². The second-order valence-electron chi connectivity index (χ2n) is 3.15. The quantitative estimate of drug-likeness (QED) is 0.441. The smallest absolute Gasteiger partial charge is 0.292 e. The van der Waals surface area contributed by atoms with E-state index >= 15 is 0 Å². The summed E-state index contributed by atoms with van der Waals surface area (Å²) in [5.41, 5.74) is 2.02. The van der Waals surface area contributed by atoms with Crippen molar-refractivity contribution in [3.05, 3.63) is 34.5 Å². The van der Waals surface area contributed by atoms with Gasteiger partial charge in [-0.1, -0.05) is 0 Å². The lowest BCUT2D eigenvalue weighted by Crippen LogP contribution is -2.13. The molecule has 2 aromatic heterocycles. The molecule has 0 bridgehead atoms. The predicted octanol–water partition coefficient (Wildman–Crippen LogP) is 0.165. The van der Waals surface area contributed by atoms with Crippen LogP contribution in [0.4, 0.5) is 11.6 Å². The van der Waals surface area contributed by atoms with Crippen LogP contribution in [0, 0.1) is 17.0 Å². The van der Waals surface area contributed by atoms with Crippen LogP contribution in [-0.2, 0) is 0 Å². The highest BCUT2D eigenvalue weighted by Gasteiger charge is 2.19. The highest BCUT2D eigenvalue weighted by molar-refractivity contribution is 5.49. The van der Waals surface area contributed by atoms with Crippen molar-refractivity contribution in [1.82, 2.24) is 19.5 Å². The van der Waals surface area contributed by atoms with Gasteiger partial charge in [-0.25, -0.2) is 15.8 Å². The minimum atomic E-state index is -0.560. The van der Waals surface area contributed by atoms with Gasteiger partial charge in [0.1, 0.15) is 12.0 Å². The fourth-order valence-electron chi connectivity index (χ4n) is 1.34. The number of aromatic nitrogens is 4. The minimum absolute atomic E-state index is 0.0960. The summed E-state index contributed by atoms with van der Waals surface area (Å²) < 4.78 is 1.49. The second kappa shape index (κ2) is 4.14. The van der Waals surface area contributed by atoms with Gasteiger partial charge in [0, 0.05) is 12.4 Å². The molecule has 0 amide bonds. The summed E-state index contributed by atoms with van der Waals surface area (Å²) in [7, 11) is 0. The van der Waals surface area contributed by atoms with Gasteiger partial charge < -0.3 is 0 Å². The lowest BCUT2D eigenvalue weighted by Gasteiger charge is -2.06. The summed E-state index contributed by atoms with van der Waals surface area (Å²) in [6.07, 6.45) is 4.19. The van der Waals surface area contributed by atoms with Crippen LogP contribution in [0.2, 0.25) is 0 Å². The first-order valence-electron chi connectivity index (χ1n) is 4.62. The van der Waals surface area contributed by atoms with E-state index in [4.69, 9.17) is 5.84 Å². The zero-order valence-corrected chi connectivity index (χ0v) is 8.86. The summed E-state index contributed by atoms with van der Waals surface area (Å²) in [5, 5.41) is 10.9. The Morgan fingerprint density at radius 3 is 2.82 bits per heavy atom. The molecule has 0 saturated heterocycles. The molecule has 0 aromatic carbocycles. The molecule has 3 N–H and O–H groups in total. The van der Waals surface area contributed by atoms with Gasteiger partial charge in [-0.2, -0.15) is 4.98 Å². The molecular weight excluding hydrogens is 226 g/mol. The van der Waals surface area contributed by atoms with Gasteiger partial charge >= 0.3 is 5.69 Å². The molecule has 0 fully saturated rings. The Hall–Kier alpha value is -2.55. The third-order valence-electron chi connectivity index (χ3n) is 2.13. The molecule has 88 valence electrons. The minimum Gasteiger partial charge on any atom is -0.292 e. The summed E-state index contributed by atoms with van der Waals surface area (Å²) in [6.45, 7) is 1.71. The Morgan fingerprint density at radius 1 is 1.53 bits per heavy atom. The van der Waals surface area contributed by atoms with E-state index in [1.54, 1.807) is 13.1 Å². The van der Waals surface area contributed by atoms with E-state index in [1.807, 2.05) is 0 Å². The molecule has 0 aliphatic carbocycles. The third kappa shape index (κ3) is 1.90. The van der Waals surface area contributed by atoms with Crippen molar-refractivity contribution in [2.75, 3.05) is 5.43 Å². The number of anilines is 1. The summed E-state index contributed by atoms with van der Waals surface area (Å²) in [6, 6.07) is 0. The topological polar surface area (TPSA) is 125 Å². The molecule has 9 heteroatoms. The predicted molar refractivity (Wildman–Crippen MR) is 58.4 cm³/mol. The van der Waals surface area contributed by atoms with Crippen LogP contribution in [0.5, 0.6) is 0 Å². The fourth-order valence-corrected chi connectivity index (χ4v) is 1.34. The molecule has 17 heavy (non-hydrogen) atoms. The first-order valence-corrected chi connectivity index (χ1v) is 4.62. The maximum atomic E-state index is 10.9. The van der Waals surface area contributed by atoms with E-state index in [2.05, 4.69) is 20.4 Å². The summed E-state index contributed by atoms with van der Waals surface area (Å²) in [4.78, 5) is 21.9. The Labute approximate surface area is 95.4 Å². The van der Waals surface area contributed by atoms with Crippen LogP contribution in [-0.4, -0.2) is 24.4 Å². The number of hydrogen-bond donors (Lipinski definition) is 2. The van der Waals surface area contributed by atoms with Crippen molar-refractivity contribution in [3.63, 3.8) is 0 Å². The summed E-state index contributed by atoms with van der Waals surface area (Å²) >= 11 is 0. The number of nitro groups is 1. The lowest BCUT2D eigenvalue weighted by molar-refractivity contribution is -0.385. The number of aryl methyl sites for hydroxylation is 1. The van der Waals surface area contributed by atoms with Gasteiger partial charge in [0.2, 0.25) is 11.8 Å². The molecule has 2 aromatic rings. The average Bonchev–Trinajstić information content (AvgIpc) is 2.74. The molecule has 0 aliphatic heterocycles. The third-order valence-corrected chi connectivity index (χ3v) is 2.13. The Kier molecular flexibility index (Phi) is 2.66. The van der Waals surface area contributed by atoms with Gasteiger partial charge in [-0.15, -0.1) is 0 Å². The molecule has 0 aliphatic rings. The maximum Gasteiger partial charge on any atom is 0.330 e. The molecule has 2 rings (SSSR count). The van der Waals surface area contributed by atoms with Crippen molar-refractivity contribution in [3.8, 4) is 5.82 Å². The van der Waals surface area contributed by atoms with Crippen LogP contribution in [0.1, 0.15) is 5.82 Å². The standard InChI is InChI=1S/C8H9N7O2/c1-5-10-2-3-14(5)7-6(15(16)17)4-11-8(12-7)13-9/h2-4H,9H2,1H3,(H,11,12,13). The summed E-state index contributed by atoms with van der Waals surface area (Å²) in [5.74, 6) is 5.96. The van der Waals surface area contributed by atoms with E-state index in [0.717, 1.165) is 6.20 Å². The SMILES string of the molecule is Cc1nccn1-c1nc(NN)ncc1[N+](=O)[O-]. The lowest BCUT2D eigenvalue weighted by atomic mass is 10.4. The van der Waals surface area contributed by atoms with Crippen LogP contribution >= 0.6 is 0 Å². The molecule has 0 unspecified atom stereocenters. The molecular formula is C8H9N7O2. The highest BCUT2D eigenvalue weighted by Crippen LogP contribution is 2.21. The van der Waals surface area contributed by atoms with Crippen LogP contribution in [0.15, 0.2) is 18.6 Å². The van der Waals surface area contributed by atoms with Crippen LogP contribution < -0.4 is 11.3 Å². The molecule has 2 heterocycles. The van der Waals surface area contributed by atoms with Crippen molar-refractivity contribution in [2.45, 2.75) is 6.92 Å². The van der Waals surface area contributed by atoms with E-state index in [9.17, 15) is 10.1 Å². The zero-order valence-electron chi connectivity index (χ0n) is 8.86. The highest BCUT2D eigenvalue weighted by atomic mass is 16.6. The second-order valence-corrected chi connectivity index (χ2v) is 3.15. The van der Waals surface area contributed by atoms with E-state index in [1.165, 1.54) is 10.8 Å². The number of nitrogens with zero attached hydrogens (tertiary/aromatic N) is 5. The van der Waals surface area contributed by atoms with Gasteiger partial charge in [0.25, 0.3) is 0 Å². The van der Waals surface area contributed by atoms with Crippen LogP contribution in [0.25, 0.3) is 5.82 Å². The molecule has 0 atom stereocenters. The molecule has 0 spiro atoms. The molecule has 0 saturated carbocycles. The first kappa shape index (κ1) is 11.0. The normalized spacial score (nSPS) is 10.2. The van der Waals surface area contributed by atoms with Crippen molar-refractivity contribution in [1.29, 1.82) is 0 Å². The van der Waals surface area contributed by atoms with Crippen molar-refractivity contribution < 1.29 is 4.92 Å². The number of nitrogen functional groups attached to an aromatic ring is 1. The zero-order chi connectivity index (χ0) is 12.4. The Balaban J connectivity index is 2.65. The maximum absolute atomic E-state index is 10.9. The number of rotatable bonds is 3. The molecule has 0 radical (unpaired) electrons. The first-order chi connectivity index (χ1) is 8.13. The monoisotopic (exact) mass is 235 g/mol. The number of imidazole rings is 1. The number of hydrazine groups is 1. The van der Waals surface area contributed by atoms with E-state index in [0.29, 0.717) is 5.82 Å². The number of nitrogens with one attached hydrogen (secondary N) is 1. The number of hydrogen-bond acceptors (Lipinski definition) is 7. The van der Waals surface area contributed by atoms with Gasteiger partial charge in [-0.05, 0) is 6.92 Å². The Morgan fingerprint density at radius 2 is 2.29 bits per heavy atom. The van der Waals surface area contributed by atoms with Crippen molar-refractivity contribution in [2.24, 2.45) is 5.84 Å². The molecule has 9 nitrogen and oxygen atoms in total. The van der Waals surface area contributed by atoms with Gasteiger partial charge in [-0.3, -0.25) is 20.1 Å². The van der Waals surface area contributed by atoms with E-state index in [-0.39, 0.29) is 17.5 Å². The fraction of sp³-hybridized carbons (Fsp3) is 0.125. The van der Waals surface area contributed by atoms with Crippen LogP contribution in [0.3, 0.4) is 0 Å². The largest absolute Gasteiger partial charge is 0.330 e. The van der Waals surface area contributed by atoms with Gasteiger partial charge in [0.05, 0.1) is 4.92 Å². The average molecular weight is 235 g/mol. The Bertz CT molecular complexity index is 565. The van der Waals surface area contributed by atoms with Gasteiger partial charge in [0.15, 0.2) is 0 Å². The number of nitrogens with two attached hydrogens (primary N) is 1.